The van der Waals surface area contributed by atoms with Gasteiger partial charge in [0.05, 0.1) is 34.5 Å². The van der Waals surface area contributed by atoms with Crippen molar-refractivity contribution in [2.24, 2.45) is 4.99 Å². The summed E-state index contributed by atoms with van der Waals surface area (Å²) in [6.07, 6.45) is 10.3. The summed E-state index contributed by atoms with van der Waals surface area (Å²) >= 11 is 1.69. The number of aromatic nitrogens is 1. The summed E-state index contributed by atoms with van der Waals surface area (Å²) < 4.78 is 0. The minimum absolute atomic E-state index is 0.0685. The largest absolute Gasteiger partial charge is 0.354 e. The molecule has 0 bridgehead atoms. The first kappa shape index (κ1) is 14.6. The van der Waals surface area contributed by atoms with Gasteiger partial charge in [0.25, 0.3) is 0 Å². The number of carbonyl (C=O) groups excluding carboxylic acids is 1. The predicted octanol–water partition coefficient (Wildman–Crippen LogP) is 4.06. The van der Waals surface area contributed by atoms with Crippen molar-refractivity contribution in [1.82, 2.24) is 9.88 Å². The zero-order chi connectivity index (χ0) is 15.8. The number of pyridine rings is 1. The van der Waals surface area contributed by atoms with Gasteiger partial charge in [-0.05, 0) is 18.9 Å². The van der Waals surface area contributed by atoms with Crippen molar-refractivity contribution >= 4 is 45.2 Å². The fraction of sp³-hybridized carbons (Fsp3) is 0.471. The molecule has 1 saturated carbocycles. The number of amides is 1. The highest BCUT2D eigenvalue weighted by molar-refractivity contribution is 7.19. The maximum Gasteiger partial charge on any atom is 0.221 e. The molecule has 1 amide bonds. The van der Waals surface area contributed by atoms with Crippen molar-refractivity contribution in [2.45, 2.75) is 51.6 Å². The Bertz CT molecular complexity index is 776. The number of rotatable bonds is 2. The van der Waals surface area contributed by atoms with Gasteiger partial charge in [-0.15, -0.1) is 11.3 Å². The van der Waals surface area contributed by atoms with Crippen LogP contribution in [0.5, 0.6) is 0 Å². The summed E-state index contributed by atoms with van der Waals surface area (Å²) in [7, 11) is 0. The van der Waals surface area contributed by atoms with E-state index in [2.05, 4.69) is 15.2 Å². The minimum atomic E-state index is -0.0685. The lowest BCUT2D eigenvalue weighted by molar-refractivity contribution is -0.114. The van der Waals surface area contributed by atoms with E-state index in [4.69, 9.17) is 4.99 Å². The van der Waals surface area contributed by atoms with Gasteiger partial charge >= 0.3 is 0 Å². The summed E-state index contributed by atoms with van der Waals surface area (Å²) in [6, 6.07) is 2.47. The van der Waals surface area contributed by atoms with E-state index in [-0.39, 0.29) is 5.91 Å². The van der Waals surface area contributed by atoms with Crippen molar-refractivity contribution in [1.29, 1.82) is 0 Å². The van der Waals surface area contributed by atoms with E-state index >= 15 is 0 Å². The van der Waals surface area contributed by atoms with Crippen LogP contribution in [0.2, 0.25) is 0 Å². The van der Waals surface area contributed by atoms with E-state index in [1.165, 1.54) is 43.9 Å². The SMILES string of the molecule is CC(=O)Nc1ccnc2sc3c(c12)N=CN(C1CCCCC1)C3. The van der Waals surface area contributed by atoms with E-state index < -0.39 is 0 Å². The first-order valence-corrected chi connectivity index (χ1v) is 9.02. The first-order chi connectivity index (χ1) is 11.2. The van der Waals surface area contributed by atoms with E-state index in [0.29, 0.717) is 6.04 Å². The van der Waals surface area contributed by atoms with E-state index in [0.717, 1.165) is 28.1 Å². The Morgan fingerprint density at radius 1 is 1.35 bits per heavy atom. The lowest BCUT2D eigenvalue weighted by Gasteiger charge is -2.34. The molecule has 3 heterocycles. The molecule has 23 heavy (non-hydrogen) atoms. The average Bonchev–Trinajstić information content (AvgIpc) is 2.93. The molecule has 2 aromatic heterocycles. The molecule has 1 fully saturated rings. The van der Waals surface area contributed by atoms with Crippen LogP contribution in [0.3, 0.4) is 0 Å². The van der Waals surface area contributed by atoms with Gasteiger partial charge < -0.3 is 10.2 Å². The Morgan fingerprint density at radius 2 is 2.17 bits per heavy atom. The maximum atomic E-state index is 11.4. The monoisotopic (exact) mass is 328 g/mol. The molecule has 0 aromatic carbocycles. The smallest absolute Gasteiger partial charge is 0.221 e. The Hall–Kier alpha value is -1.95. The van der Waals surface area contributed by atoms with Crippen LogP contribution in [0.25, 0.3) is 10.2 Å². The molecular weight excluding hydrogens is 308 g/mol. The quantitative estimate of drug-likeness (QED) is 0.904. The predicted molar refractivity (Wildman–Crippen MR) is 94.5 cm³/mol. The molecule has 2 aliphatic rings. The lowest BCUT2D eigenvalue weighted by atomic mass is 9.94. The molecular formula is C17H20N4OS. The molecule has 1 aliphatic heterocycles. The molecule has 6 heteroatoms. The molecule has 1 aliphatic carbocycles. The molecule has 0 spiro atoms. The summed E-state index contributed by atoms with van der Waals surface area (Å²) in [4.78, 5) is 25.2. The topological polar surface area (TPSA) is 57.6 Å². The zero-order valence-electron chi connectivity index (χ0n) is 13.2. The van der Waals surface area contributed by atoms with Crippen LogP contribution in [-0.2, 0) is 11.3 Å². The number of nitrogens with one attached hydrogen (secondary N) is 1. The number of aliphatic imine (C=N–C) groups is 1. The highest BCUT2D eigenvalue weighted by atomic mass is 32.1. The first-order valence-electron chi connectivity index (χ1n) is 8.20. The van der Waals surface area contributed by atoms with Crippen LogP contribution < -0.4 is 5.32 Å². The number of fused-ring (bicyclic) bond motifs is 3. The molecule has 0 unspecified atom stereocenters. The van der Waals surface area contributed by atoms with Crippen LogP contribution in [0.4, 0.5) is 11.4 Å². The number of hydrogen-bond acceptors (Lipinski definition) is 5. The van der Waals surface area contributed by atoms with Crippen molar-refractivity contribution in [3.05, 3.63) is 17.1 Å². The highest BCUT2D eigenvalue weighted by Gasteiger charge is 2.25. The molecule has 0 atom stereocenters. The van der Waals surface area contributed by atoms with Crippen LogP contribution in [0.1, 0.15) is 43.9 Å². The minimum Gasteiger partial charge on any atom is -0.354 e. The van der Waals surface area contributed by atoms with Gasteiger partial charge in [0.1, 0.15) is 4.83 Å². The van der Waals surface area contributed by atoms with Crippen LogP contribution in [-0.4, -0.2) is 28.2 Å². The number of carbonyl (C=O) groups is 1. The van der Waals surface area contributed by atoms with Gasteiger partial charge in [-0.2, -0.15) is 0 Å². The second-order valence-corrected chi connectivity index (χ2v) is 7.39. The molecule has 5 nitrogen and oxygen atoms in total. The van der Waals surface area contributed by atoms with Gasteiger partial charge in [-0.3, -0.25) is 4.79 Å². The van der Waals surface area contributed by atoms with Crippen LogP contribution in [0, 0.1) is 0 Å². The Labute approximate surface area is 139 Å². The second kappa shape index (κ2) is 5.92. The number of hydrogen-bond donors (Lipinski definition) is 1. The third kappa shape index (κ3) is 2.72. The molecule has 0 saturated heterocycles. The van der Waals surface area contributed by atoms with Crippen molar-refractivity contribution < 1.29 is 4.79 Å². The maximum absolute atomic E-state index is 11.4. The molecule has 4 rings (SSSR count). The fourth-order valence-corrected chi connectivity index (χ4v) is 4.69. The van der Waals surface area contributed by atoms with E-state index in [1.807, 2.05) is 12.4 Å². The molecule has 120 valence electrons. The average molecular weight is 328 g/mol. The molecule has 1 N–H and O–H groups in total. The Morgan fingerprint density at radius 3 is 2.96 bits per heavy atom. The Balaban J connectivity index is 1.69. The molecule has 2 aromatic rings. The lowest BCUT2D eigenvalue weighted by Crippen LogP contribution is -2.36. The van der Waals surface area contributed by atoms with Crippen molar-refractivity contribution in [3.8, 4) is 0 Å². The number of anilines is 1. The van der Waals surface area contributed by atoms with Gasteiger partial charge in [0, 0.05) is 19.2 Å². The summed E-state index contributed by atoms with van der Waals surface area (Å²) in [5.74, 6) is -0.0685. The van der Waals surface area contributed by atoms with Gasteiger partial charge in [0.2, 0.25) is 5.91 Å². The Kier molecular flexibility index (Phi) is 3.77. The normalized spacial score (nSPS) is 18.2. The van der Waals surface area contributed by atoms with Crippen molar-refractivity contribution in [2.75, 3.05) is 5.32 Å². The third-order valence-corrected chi connectivity index (χ3v) is 5.72. The van der Waals surface area contributed by atoms with Crippen molar-refractivity contribution in [3.63, 3.8) is 0 Å². The standard InChI is InChI=1S/C17H20N4OS/c1-11(22)20-13-7-8-18-17-15(13)16-14(23-17)9-21(10-19-16)12-5-3-2-4-6-12/h7-8,10,12H,2-6,9H2,1H3,(H,18,20,22). The summed E-state index contributed by atoms with van der Waals surface area (Å²) in [6.45, 7) is 2.43. The second-order valence-electron chi connectivity index (χ2n) is 6.30. The van der Waals surface area contributed by atoms with Crippen LogP contribution >= 0.6 is 11.3 Å². The molecule has 0 radical (unpaired) electrons. The van der Waals surface area contributed by atoms with E-state index in [9.17, 15) is 4.79 Å². The van der Waals surface area contributed by atoms with Gasteiger partial charge in [-0.25, -0.2) is 9.98 Å². The third-order valence-electron chi connectivity index (χ3n) is 4.65. The number of nitrogens with zero attached hydrogens (tertiary/aromatic N) is 3. The summed E-state index contributed by atoms with van der Waals surface area (Å²) in [5, 5.41) is 3.87. The number of thiophene rings is 1. The van der Waals surface area contributed by atoms with Gasteiger partial charge in [-0.1, -0.05) is 19.3 Å². The highest BCUT2D eigenvalue weighted by Crippen LogP contribution is 2.43. The van der Waals surface area contributed by atoms with Crippen LogP contribution in [0.15, 0.2) is 17.3 Å². The summed E-state index contributed by atoms with van der Waals surface area (Å²) in [5.41, 5.74) is 1.79. The van der Waals surface area contributed by atoms with E-state index in [1.54, 1.807) is 17.5 Å². The zero-order valence-corrected chi connectivity index (χ0v) is 14.0. The fourth-order valence-electron chi connectivity index (χ4n) is 3.57. The van der Waals surface area contributed by atoms with Gasteiger partial charge in [0.15, 0.2) is 0 Å².